The number of methoxy groups -OCH3 is 1. The molecule has 1 aliphatic heterocycles. The Kier molecular flexibility index (Phi) is 5.31. The smallest absolute Gasteiger partial charge is 0.227 e. The van der Waals surface area contributed by atoms with Gasteiger partial charge in [-0.2, -0.15) is 4.98 Å². The number of thioether (sulfide) groups is 2. The molecule has 5 nitrogen and oxygen atoms in total. The number of rotatable bonds is 4. The van der Waals surface area contributed by atoms with Gasteiger partial charge in [0.15, 0.2) is 5.16 Å². The van der Waals surface area contributed by atoms with Crippen molar-refractivity contribution in [3.63, 3.8) is 0 Å². The summed E-state index contributed by atoms with van der Waals surface area (Å²) in [6, 6.07) is 0. The van der Waals surface area contributed by atoms with Crippen molar-refractivity contribution in [3.8, 4) is 5.88 Å². The summed E-state index contributed by atoms with van der Waals surface area (Å²) < 4.78 is 5.30. The predicted molar refractivity (Wildman–Crippen MR) is 82.8 cm³/mol. The SMILES string of the molecule is CCC(=O)N1CCS/C1=C/c1cnc(SC)nc1OC. The molecule has 1 aromatic rings. The highest BCUT2D eigenvalue weighted by Gasteiger charge is 2.23. The zero-order valence-corrected chi connectivity index (χ0v) is 13.4. The highest BCUT2D eigenvalue weighted by atomic mass is 32.2. The van der Waals surface area contributed by atoms with E-state index in [1.54, 1.807) is 25.1 Å². The Morgan fingerprint density at radius 2 is 2.45 bits per heavy atom. The van der Waals surface area contributed by atoms with Crippen LogP contribution in [0.1, 0.15) is 18.9 Å². The molecule has 1 aromatic heterocycles. The van der Waals surface area contributed by atoms with Crippen LogP contribution < -0.4 is 4.74 Å². The first kappa shape index (κ1) is 15.2. The van der Waals surface area contributed by atoms with Crippen LogP contribution in [0.3, 0.4) is 0 Å². The van der Waals surface area contributed by atoms with Crippen LogP contribution in [0.2, 0.25) is 0 Å². The molecule has 0 spiro atoms. The van der Waals surface area contributed by atoms with Gasteiger partial charge >= 0.3 is 0 Å². The molecule has 2 heterocycles. The lowest BCUT2D eigenvalue weighted by molar-refractivity contribution is -0.128. The van der Waals surface area contributed by atoms with E-state index < -0.39 is 0 Å². The molecular weight excluding hydrogens is 294 g/mol. The van der Waals surface area contributed by atoms with Gasteiger partial charge in [-0.1, -0.05) is 18.7 Å². The predicted octanol–water partition coefficient (Wildman–Crippen LogP) is 2.49. The lowest BCUT2D eigenvalue weighted by atomic mass is 10.3. The molecule has 0 radical (unpaired) electrons. The fraction of sp³-hybridized carbons (Fsp3) is 0.462. The number of carbonyl (C=O) groups is 1. The number of amides is 1. The minimum Gasteiger partial charge on any atom is -0.480 e. The number of aromatic nitrogens is 2. The monoisotopic (exact) mass is 311 g/mol. The van der Waals surface area contributed by atoms with Gasteiger partial charge in [0.1, 0.15) is 0 Å². The molecule has 0 saturated carbocycles. The standard InChI is InChI=1S/C13H17N3O2S2/c1-4-10(17)16-5-6-20-11(16)7-9-8-14-13(19-3)15-12(9)18-2/h7-8H,4-6H2,1-3H3/b11-7+. The molecule has 0 aromatic carbocycles. The van der Waals surface area contributed by atoms with E-state index in [0.717, 1.165) is 22.9 Å². The molecule has 0 atom stereocenters. The summed E-state index contributed by atoms with van der Waals surface area (Å²) in [7, 11) is 1.59. The minimum atomic E-state index is 0.141. The van der Waals surface area contributed by atoms with Crippen LogP contribution in [-0.2, 0) is 4.79 Å². The Hall–Kier alpha value is -1.21. The van der Waals surface area contributed by atoms with Crippen molar-refractivity contribution in [1.29, 1.82) is 0 Å². The number of nitrogens with zero attached hydrogens (tertiary/aromatic N) is 3. The van der Waals surface area contributed by atoms with Gasteiger partial charge in [0.25, 0.3) is 0 Å². The van der Waals surface area contributed by atoms with Gasteiger partial charge in [-0.25, -0.2) is 4.98 Å². The maximum absolute atomic E-state index is 11.9. The largest absolute Gasteiger partial charge is 0.480 e. The van der Waals surface area contributed by atoms with Gasteiger partial charge in [-0.3, -0.25) is 4.79 Å². The minimum absolute atomic E-state index is 0.141. The highest BCUT2D eigenvalue weighted by Crippen LogP contribution is 2.32. The van der Waals surface area contributed by atoms with Crippen molar-refractivity contribution in [1.82, 2.24) is 14.9 Å². The normalized spacial score (nSPS) is 16.8. The molecule has 1 aliphatic rings. The molecule has 1 saturated heterocycles. The Bertz CT molecular complexity index is 534. The summed E-state index contributed by atoms with van der Waals surface area (Å²) in [5.41, 5.74) is 0.795. The molecule has 0 bridgehead atoms. The summed E-state index contributed by atoms with van der Waals surface area (Å²) in [5.74, 6) is 1.60. The Morgan fingerprint density at radius 1 is 1.65 bits per heavy atom. The topological polar surface area (TPSA) is 55.3 Å². The molecule has 108 valence electrons. The highest BCUT2D eigenvalue weighted by molar-refractivity contribution is 8.03. The summed E-state index contributed by atoms with van der Waals surface area (Å²) >= 11 is 3.13. The molecule has 0 N–H and O–H groups in total. The fourth-order valence-electron chi connectivity index (χ4n) is 1.84. The zero-order chi connectivity index (χ0) is 14.5. The average molecular weight is 311 g/mol. The Labute approximate surface area is 127 Å². The molecule has 20 heavy (non-hydrogen) atoms. The lowest BCUT2D eigenvalue weighted by Crippen LogP contribution is -2.25. The second-order valence-corrected chi connectivity index (χ2v) is 5.94. The number of ether oxygens (including phenoxy) is 1. The van der Waals surface area contributed by atoms with Crippen LogP contribution >= 0.6 is 23.5 Å². The molecule has 2 rings (SSSR count). The summed E-state index contributed by atoms with van der Waals surface area (Å²) in [4.78, 5) is 22.3. The molecule has 0 unspecified atom stereocenters. The zero-order valence-electron chi connectivity index (χ0n) is 11.8. The second kappa shape index (κ2) is 6.99. The molecule has 0 aliphatic carbocycles. The third-order valence-corrected chi connectivity index (χ3v) is 4.43. The number of hydrogen-bond donors (Lipinski definition) is 0. The maximum atomic E-state index is 11.9. The van der Waals surface area contributed by atoms with Gasteiger partial charge in [-0.05, 0) is 12.3 Å². The van der Waals surface area contributed by atoms with Crippen LogP contribution in [-0.4, -0.2) is 46.4 Å². The Morgan fingerprint density at radius 3 is 3.10 bits per heavy atom. The molecule has 7 heteroatoms. The first-order chi connectivity index (χ1) is 9.69. The van der Waals surface area contributed by atoms with Crippen LogP contribution in [0.4, 0.5) is 0 Å². The van der Waals surface area contributed by atoms with Crippen molar-refractivity contribution >= 4 is 35.5 Å². The van der Waals surface area contributed by atoms with Crippen LogP contribution in [0.5, 0.6) is 5.88 Å². The van der Waals surface area contributed by atoms with Crippen LogP contribution in [0, 0.1) is 0 Å². The summed E-state index contributed by atoms with van der Waals surface area (Å²) in [6.45, 7) is 2.63. The van der Waals surface area contributed by atoms with E-state index in [9.17, 15) is 4.79 Å². The number of carbonyl (C=O) groups excluding carboxylic acids is 1. The third-order valence-electron chi connectivity index (χ3n) is 2.85. The van der Waals surface area contributed by atoms with E-state index in [2.05, 4.69) is 9.97 Å². The second-order valence-electron chi connectivity index (χ2n) is 4.05. The first-order valence-electron chi connectivity index (χ1n) is 6.29. The van der Waals surface area contributed by atoms with Crippen molar-refractivity contribution in [2.24, 2.45) is 0 Å². The Balaban J connectivity index is 2.31. The lowest BCUT2D eigenvalue weighted by Gasteiger charge is -2.16. The first-order valence-corrected chi connectivity index (χ1v) is 8.50. The van der Waals surface area contributed by atoms with E-state index in [0.29, 0.717) is 17.5 Å². The van der Waals surface area contributed by atoms with Gasteiger partial charge < -0.3 is 9.64 Å². The third kappa shape index (κ3) is 3.27. The maximum Gasteiger partial charge on any atom is 0.227 e. The van der Waals surface area contributed by atoms with Gasteiger partial charge in [0, 0.05) is 24.9 Å². The molecular formula is C13H17N3O2S2. The van der Waals surface area contributed by atoms with E-state index in [-0.39, 0.29) is 5.91 Å². The van der Waals surface area contributed by atoms with E-state index >= 15 is 0 Å². The van der Waals surface area contributed by atoms with Gasteiger partial charge in [0.2, 0.25) is 11.8 Å². The quantitative estimate of drug-likeness (QED) is 0.629. The van der Waals surface area contributed by atoms with Crippen molar-refractivity contribution in [3.05, 3.63) is 16.8 Å². The van der Waals surface area contributed by atoms with E-state index in [1.165, 1.54) is 11.8 Å². The summed E-state index contributed by atoms with van der Waals surface area (Å²) in [5, 5.41) is 1.61. The van der Waals surface area contributed by atoms with Crippen molar-refractivity contribution in [2.75, 3.05) is 25.7 Å². The van der Waals surface area contributed by atoms with E-state index in [1.807, 2.05) is 24.2 Å². The van der Waals surface area contributed by atoms with E-state index in [4.69, 9.17) is 4.74 Å². The van der Waals surface area contributed by atoms with Crippen LogP contribution in [0.25, 0.3) is 6.08 Å². The van der Waals surface area contributed by atoms with Crippen molar-refractivity contribution in [2.45, 2.75) is 18.5 Å². The number of hydrogen-bond acceptors (Lipinski definition) is 6. The summed E-state index contributed by atoms with van der Waals surface area (Å²) in [6.07, 6.45) is 6.09. The van der Waals surface area contributed by atoms with Gasteiger partial charge in [-0.15, -0.1) is 11.8 Å². The van der Waals surface area contributed by atoms with Crippen molar-refractivity contribution < 1.29 is 9.53 Å². The van der Waals surface area contributed by atoms with Crippen LogP contribution in [0.15, 0.2) is 16.4 Å². The van der Waals surface area contributed by atoms with Gasteiger partial charge in [0.05, 0.1) is 17.7 Å². The molecule has 1 fully saturated rings. The fourth-order valence-corrected chi connectivity index (χ4v) is 3.22. The average Bonchev–Trinajstić information content (AvgIpc) is 2.95. The molecule has 1 amide bonds.